The predicted octanol–water partition coefficient (Wildman–Crippen LogP) is 5.85. The van der Waals surface area contributed by atoms with Crippen LogP contribution in [0.5, 0.6) is 5.75 Å². The zero-order valence-electron chi connectivity index (χ0n) is 18.7. The van der Waals surface area contributed by atoms with Gasteiger partial charge in [0.1, 0.15) is 24.2 Å². The van der Waals surface area contributed by atoms with Crippen molar-refractivity contribution in [3.63, 3.8) is 0 Å². The molecule has 0 spiro atoms. The Morgan fingerprint density at radius 3 is 2.59 bits per heavy atom. The first-order valence-corrected chi connectivity index (χ1v) is 11.2. The van der Waals surface area contributed by atoms with Crippen LogP contribution in [-0.2, 0) is 11.3 Å². The van der Waals surface area contributed by atoms with Crippen LogP contribution in [0.15, 0.2) is 59.8 Å². The molecule has 1 atom stereocenters. The molecule has 0 amide bonds. The summed E-state index contributed by atoms with van der Waals surface area (Å²) >= 11 is 6.21. The molecule has 10 heteroatoms. The highest BCUT2D eigenvalue weighted by Gasteiger charge is 2.38. The number of hydrogen-bond donors (Lipinski definition) is 0. The van der Waals surface area contributed by atoms with Crippen LogP contribution in [0.2, 0.25) is 5.15 Å². The fourth-order valence-corrected chi connectivity index (χ4v) is 3.83. The Kier molecular flexibility index (Phi) is 7.13. The number of aromatic nitrogens is 1. The number of rotatable bonds is 8. The number of benzene rings is 2. The lowest BCUT2D eigenvalue weighted by Gasteiger charge is -2.22. The van der Waals surface area contributed by atoms with E-state index in [9.17, 15) is 13.2 Å². The lowest BCUT2D eigenvalue weighted by atomic mass is 10.1. The summed E-state index contributed by atoms with van der Waals surface area (Å²) in [7, 11) is 0. The normalized spacial score (nSPS) is 15.1. The zero-order valence-corrected chi connectivity index (χ0v) is 19.5. The minimum absolute atomic E-state index is 0.00227. The van der Waals surface area contributed by atoms with Crippen LogP contribution in [0, 0.1) is 0 Å². The van der Waals surface area contributed by atoms with Gasteiger partial charge in [0.2, 0.25) is 0 Å². The summed E-state index contributed by atoms with van der Waals surface area (Å²) in [5.74, 6) is 0.736. The average Bonchev–Trinajstić information content (AvgIpc) is 3.22. The summed E-state index contributed by atoms with van der Waals surface area (Å²) in [6.07, 6.45) is -5.04. The Morgan fingerprint density at radius 1 is 1.12 bits per heavy atom. The number of ether oxygens (including phenoxy) is 2. The fraction of sp³-hybridized carbons (Fsp3) is 0.333. The molecule has 0 unspecified atom stereocenters. The summed E-state index contributed by atoms with van der Waals surface area (Å²) in [6.45, 7) is 4.84. The van der Waals surface area contributed by atoms with E-state index in [4.69, 9.17) is 21.1 Å². The third-order valence-electron chi connectivity index (χ3n) is 5.46. The molecule has 180 valence electrons. The van der Waals surface area contributed by atoms with Gasteiger partial charge in [0, 0.05) is 18.8 Å². The Hall–Kier alpha value is -3.04. The molecule has 0 N–H and O–H groups in total. The number of pyridine rings is 1. The number of fused-ring (bicyclic) bond motifs is 1. The van der Waals surface area contributed by atoms with Gasteiger partial charge in [0.15, 0.2) is 11.9 Å². The third-order valence-corrected chi connectivity index (χ3v) is 5.75. The lowest BCUT2D eigenvalue weighted by Crippen LogP contribution is -2.33. The number of hydrazone groups is 1. The Bertz CT molecular complexity index is 1170. The van der Waals surface area contributed by atoms with E-state index in [1.807, 2.05) is 42.2 Å². The van der Waals surface area contributed by atoms with Crippen molar-refractivity contribution in [1.29, 1.82) is 0 Å². The van der Waals surface area contributed by atoms with E-state index in [2.05, 4.69) is 10.1 Å². The van der Waals surface area contributed by atoms with Gasteiger partial charge in [-0.05, 0) is 36.9 Å². The maximum absolute atomic E-state index is 13.2. The van der Waals surface area contributed by atoms with Crippen molar-refractivity contribution < 1.29 is 22.6 Å². The van der Waals surface area contributed by atoms with E-state index in [0.717, 1.165) is 18.3 Å². The van der Waals surface area contributed by atoms with Crippen molar-refractivity contribution >= 4 is 33.9 Å². The van der Waals surface area contributed by atoms with Crippen LogP contribution in [0.3, 0.4) is 0 Å². The van der Waals surface area contributed by atoms with Gasteiger partial charge in [-0.15, -0.1) is 0 Å². The smallest absolute Gasteiger partial charge is 0.425 e. The second-order valence-electron chi connectivity index (χ2n) is 7.84. The van der Waals surface area contributed by atoms with Crippen LogP contribution in [0.4, 0.5) is 18.9 Å². The number of likely N-dealkylation sites (N-methyl/N-ethyl adjacent to an activating group) is 1. The molecule has 6 nitrogen and oxygen atoms in total. The van der Waals surface area contributed by atoms with Crippen molar-refractivity contribution in [3.05, 3.63) is 65.4 Å². The molecule has 3 aromatic rings. The highest BCUT2D eigenvalue weighted by molar-refractivity contribution is 6.34. The number of anilines is 1. The summed E-state index contributed by atoms with van der Waals surface area (Å²) in [5.41, 5.74) is 1.64. The highest BCUT2D eigenvalue weighted by atomic mass is 35.5. The molecule has 1 aliphatic rings. The van der Waals surface area contributed by atoms with E-state index in [1.54, 1.807) is 17.1 Å². The average molecular weight is 493 g/mol. The van der Waals surface area contributed by atoms with Gasteiger partial charge >= 0.3 is 6.18 Å². The van der Waals surface area contributed by atoms with Crippen molar-refractivity contribution in [2.75, 3.05) is 24.8 Å². The Labute approximate surface area is 200 Å². The number of alkyl halides is 3. The first-order valence-electron chi connectivity index (χ1n) is 10.8. The molecule has 2 heterocycles. The second kappa shape index (κ2) is 10.1. The van der Waals surface area contributed by atoms with Crippen LogP contribution in [0.25, 0.3) is 10.8 Å². The van der Waals surface area contributed by atoms with Crippen molar-refractivity contribution in [1.82, 2.24) is 9.88 Å². The molecule has 0 saturated carbocycles. The van der Waals surface area contributed by atoms with Crippen LogP contribution in [0.1, 0.15) is 19.4 Å². The molecule has 0 saturated heterocycles. The molecule has 0 fully saturated rings. The van der Waals surface area contributed by atoms with Crippen LogP contribution in [-0.4, -0.2) is 47.8 Å². The molecule has 1 aromatic heterocycles. The van der Waals surface area contributed by atoms with Gasteiger partial charge in [0.25, 0.3) is 0 Å². The standard InChI is InChI=1S/C24H24ClF3N4O2/c1-3-31-15-32(30-21(31)14-33-13-17-7-5-4-6-8-17)19-11-18-9-10-29-23(25)22(18)20(12-19)34-16(2)24(26,27)28/h4-12,16H,3,13-15H2,1-2H3/t16-/m0/s1. The van der Waals surface area contributed by atoms with Gasteiger partial charge < -0.3 is 14.4 Å². The first kappa shape index (κ1) is 24.1. The number of hydrogen-bond acceptors (Lipinski definition) is 6. The Morgan fingerprint density at radius 2 is 1.88 bits per heavy atom. The largest absolute Gasteiger partial charge is 0.480 e. The van der Waals surface area contributed by atoms with Gasteiger partial charge in [0.05, 0.1) is 17.7 Å². The van der Waals surface area contributed by atoms with Gasteiger partial charge in [-0.25, -0.2) is 9.99 Å². The van der Waals surface area contributed by atoms with Gasteiger partial charge in [-0.2, -0.15) is 18.3 Å². The molecular formula is C24H24ClF3N4O2. The highest BCUT2D eigenvalue weighted by Crippen LogP contribution is 2.38. The molecule has 0 radical (unpaired) electrons. The predicted molar refractivity (Wildman–Crippen MR) is 126 cm³/mol. The van der Waals surface area contributed by atoms with E-state index in [1.165, 1.54) is 12.3 Å². The fourth-order valence-electron chi connectivity index (χ4n) is 3.57. The van der Waals surface area contributed by atoms with Crippen LogP contribution >= 0.6 is 11.6 Å². The Balaban J connectivity index is 1.60. The number of nitrogens with zero attached hydrogens (tertiary/aromatic N) is 4. The summed E-state index contributed by atoms with van der Waals surface area (Å²) in [6, 6.07) is 14.8. The van der Waals surface area contributed by atoms with Crippen LogP contribution < -0.4 is 9.75 Å². The quantitative estimate of drug-likeness (QED) is 0.369. The topological polar surface area (TPSA) is 50.2 Å². The molecule has 34 heavy (non-hydrogen) atoms. The molecule has 4 rings (SSSR count). The maximum Gasteiger partial charge on any atom is 0.425 e. The minimum Gasteiger partial charge on any atom is -0.480 e. The van der Waals surface area contributed by atoms with E-state index in [-0.39, 0.29) is 10.9 Å². The van der Waals surface area contributed by atoms with Gasteiger partial charge in [-0.1, -0.05) is 41.9 Å². The summed E-state index contributed by atoms with van der Waals surface area (Å²) in [5, 5.41) is 7.38. The SMILES string of the molecule is CCN1CN(c2cc(O[C@@H](C)C(F)(F)F)c3c(Cl)nccc3c2)N=C1COCc1ccccc1. The van der Waals surface area contributed by atoms with E-state index < -0.39 is 12.3 Å². The number of amidine groups is 1. The maximum atomic E-state index is 13.2. The van der Waals surface area contributed by atoms with E-state index >= 15 is 0 Å². The van der Waals surface area contributed by atoms with Crippen molar-refractivity contribution in [3.8, 4) is 5.75 Å². The zero-order chi connectivity index (χ0) is 24.3. The minimum atomic E-state index is -4.52. The molecule has 0 bridgehead atoms. The second-order valence-corrected chi connectivity index (χ2v) is 8.20. The molecule has 2 aromatic carbocycles. The third kappa shape index (κ3) is 5.37. The molecule has 1 aliphatic heterocycles. The first-order chi connectivity index (χ1) is 16.3. The lowest BCUT2D eigenvalue weighted by molar-refractivity contribution is -0.188. The molecule has 0 aliphatic carbocycles. The summed E-state index contributed by atoms with van der Waals surface area (Å²) < 4.78 is 50.7. The molecular weight excluding hydrogens is 469 g/mol. The van der Waals surface area contributed by atoms with E-state index in [0.29, 0.717) is 42.9 Å². The van der Waals surface area contributed by atoms with Crippen molar-refractivity contribution in [2.24, 2.45) is 5.10 Å². The summed E-state index contributed by atoms with van der Waals surface area (Å²) in [4.78, 5) is 6.03. The monoisotopic (exact) mass is 492 g/mol. The van der Waals surface area contributed by atoms with Crippen molar-refractivity contribution in [2.45, 2.75) is 32.7 Å². The van der Waals surface area contributed by atoms with Gasteiger partial charge in [-0.3, -0.25) is 0 Å². The number of halogens is 4.